The number of hydrogen-bond acceptors (Lipinski definition) is 4. The molecule has 11 heteroatoms. The Hall–Kier alpha value is -3.14. The third-order valence-corrected chi connectivity index (χ3v) is 8.19. The summed E-state index contributed by atoms with van der Waals surface area (Å²) in [6.07, 6.45) is 0. The topological polar surface area (TPSA) is 86.8 Å². The van der Waals surface area contributed by atoms with Crippen molar-refractivity contribution in [3.63, 3.8) is 0 Å². The van der Waals surface area contributed by atoms with Gasteiger partial charge in [0.1, 0.15) is 18.4 Å². The van der Waals surface area contributed by atoms with Gasteiger partial charge in [-0.2, -0.15) is 0 Å². The van der Waals surface area contributed by atoms with Crippen molar-refractivity contribution in [3.05, 3.63) is 94.2 Å². The molecular formula is C27H28Cl2FN3O4S. The summed E-state index contributed by atoms with van der Waals surface area (Å²) in [5.74, 6) is -1.62. The van der Waals surface area contributed by atoms with Crippen LogP contribution in [0.2, 0.25) is 10.0 Å². The molecule has 0 radical (unpaired) electrons. The summed E-state index contributed by atoms with van der Waals surface area (Å²) in [5, 5.41) is 3.39. The third-order valence-electron chi connectivity index (χ3n) is 5.66. The maximum Gasteiger partial charge on any atom is 0.264 e. The van der Waals surface area contributed by atoms with Crippen LogP contribution in [0.4, 0.5) is 10.1 Å². The summed E-state index contributed by atoms with van der Waals surface area (Å²) in [7, 11) is -4.27. The number of carbonyl (C=O) groups is 2. The number of carbonyl (C=O) groups excluding carboxylic acids is 2. The Labute approximate surface area is 232 Å². The summed E-state index contributed by atoms with van der Waals surface area (Å²) in [6.45, 7) is 4.52. The monoisotopic (exact) mass is 579 g/mol. The summed E-state index contributed by atoms with van der Waals surface area (Å²) in [6, 6.07) is 16.1. The number of para-hydroxylation sites is 1. The Balaban J connectivity index is 2.01. The standard InChI is InChI=1S/C27H28Cl2FN3O4S/c1-18(2)31-27(35)19(3)32(16-20-9-14-24(28)25(29)15-20)26(34)17-33(22-7-5-4-6-8-22)38(36,37)23-12-10-21(30)11-13-23/h4-15,18-19H,16-17H2,1-3H3,(H,31,35). The molecule has 0 saturated heterocycles. The highest BCUT2D eigenvalue weighted by Gasteiger charge is 2.32. The first-order chi connectivity index (χ1) is 17.9. The molecule has 0 fully saturated rings. The number of halogens is 3. The molecule has 0 aliphatic heterocycles. The van der Waals surface area contributed by atoms with Gasteiger partial charge in [-0.15, -0.1) is 0 Å². The number of benzene rings is 3. The van der Waals surface area contributed by atoms with Crippen LogP contribution in [0.25, 0.3) is 0 Å². The lowest BCUT2D eigenvalue weighted by molar-refractivity contribution is -0.139. The fraction of sp³-hybridized carbons (Fsp3) is 0.259. The van der Waals surface area contributed by atoms with Gasteiger partial charge < -0.3 is 10.2 Å². The van der Waals surface area contributed by atoms with Gasteiger partial charge in [-0.3, -0.25) is 13.9 Å². The van der Waals surface area contributed by atoms with Gasteiger partial charge in [-0.05, 0) is 74.9 Å². The molecule has 0 aliphatic carbocycles. The molecule has 7 nitrogen and oxygen atoms in total. The summed E-state index contributed by atoms with van der Waals surface area (Å²) in [4.78, 5) is 27.8. The van der Waals surface area contributed by atoms with Crippen LogP contribution in [0, 0.1) is 5.82 Å². The van der Waals surface area contributed by atoms with Crippen LogP contribution in [-0.2, 0) is 26.2 Å². The van der Waals surface area contributed by atoms with Gasteiger partial charge in [0.15, 0.2) is 0 Å². The van der Waals surface area contributed by atoms with Crippen molar-refractivity contribution in [2.24, 2.45) is 0 Å². The van der Waals surface area contributed by atoms with E-state index in [1.807, 2.05) is 0 Å². The van der Waals surface area contributed by atoms with Crippen LogP contribution < -0.4 is 9.62 Å². The highest BCUT2D eigenvalue weighted by Crippen LogP contribution is 2.26. The van der Waals surface area contributed by atoms with Crippen LogP contribution in [0.15, 0.2) is 77.7 Å². The molecule has 0 bridgehead atoms. The molecule has 3 rings (SSSR count). The first-order valence-corrected chi connectivity index (χ1v) is 14.0. The maximum atomic E-state index is 13.8. The van der Waals surface area contributed by atoms with Crippen LogP contribution in [-0.4, -0.2) is 43.8 Å². The summed E-state index contributed by atoms with van der Waals surface area (Å²) < 4.78 is 41.7. The molecule has 38 heavy (non-hydrogen) atoms. The Morgan fingerprint density at radius 1 is 0.921 bits per heavy atom. The van der Waals surface area contributed by atoms with Crippen LogP contribution in [0.1, 0.15) is 26.3 Å². The fourth-order valence-corrected chi connectivity index (χ4v) is 5.41. The van der Waals surface area contributed by atoms with Crippen LogP contribution >= 0.6 is 23.2 Å². The van der Waals surface area contributed by atoms with Gasteiger partial charge in [0, 0.05) is 12.6 Å². The largest absolute Gasteiger partial charge is 0.352 e. The van der Waals surface area contributed by atoms with E-state index in [9.17, 15) is 22.4 Å². The molecule has 0 heterocycles. The van der Waals surface area contributed by atoms with Gasteiger partial charge in [0.25, 0.3) is 10.0 Å². The van der Waals surface area contributed by atoms with Crippen LogP contribution in [0.5, 0.6) is 0 Å². The van der Waals surface area contributed by atoms with E-state index in [1.54, 1.807) is 69.3 Å². The summed E-state index contributed by atoms with van der Waals surface area (Å²) >= 11 is 12.2. The number of hydrogen-bond donors (Lipinski definition) is 1. The average Bonchev–Trinajstić information content (AvgIpc) is 2.87. The van der Waals surface area contributed by atoms with E-state index >= 15 is 0 Å². The SMILES string of the molecule is CC(C)NC(=O)C(C)N(Cc1ccc(Cl)c(Cl)c1)C(=O)CN(c1ccccc1)S(=O)(=O)c1ccc(F)cc1. The molecule has 0 saturated carbocycles. The number of nitrogens with one attached hydrogen (secondary N) is 1. The molecule has 0 spiro atoms. The average molecular weight is 581 g/mol. The Morgan fingerprint density at radius 3 is 2.13 bits per heavy atom. The zero-order chi connectivity index (χ0) is 28.0. The molecule has 3 aromatic rings. The lowest BCUT2D eigenvalue weighted by Gasteiger charge is -2.32. The number of rotatable bonds is 10. The van der Waals surface area contributed by atoms with Crippen molar-refractivity contribution in [2.75, 3.05) is 10.8 Å². The van der Waals surface area contributed by atoms with Crippen molar-refractivity contribution in [1.82, 2.24) is 10.2 Å². The van der Waals surface area contributed by atoms with Crippen molar-refractivity contribution >= 4 is 50.7 Å². The zero-order valence-corrected chi connectivity index (χ0v) is 23.4. The van der Waals surface area contributed by atoms with Gasteiger partial charge in [0.2, 0.25) is 11.8 Å². The van der Waals surface area contributed by atoms with Crippen molar-refractivity contribution < 1.29 is 22.4 Å². The van der Waals surface area contributed by atoms with Gasteiger partial charge in [0.05, 0.1) is 20.6 Å². The summed E-state index contributed by atoms with van der Waals surface area (Å²) in [5.41, 5.74) is 0.837. The zero-order valence-electron chi connectivity index (χ0n) is 21.1. The van der Waals surface area contributed by atoms with Gasteiger partial charge in [-0.25, -0.2) is 12.8 Å². The van der Waals surface area contributed by atoms with Crippen molar-refractivity contribution in [3.8, 4) is 0 Å². The number of nitrogens with zero attached hydrogens (tertiary/aromatic N) is 2. The van der Waals surface area contributed by atoms with E-state index in [0.29, 0.717) is 10.6 Å². The van der Waals surface area contributed by atoms with Crippen molar-refractivity contribution in [1.29, 1.82) is 0 Å². The molecule has 202 valence electrons. The predicted octanol–water partition coefficient (Wildman–Crippen LogP) is 5.27. The molecular weight excluding hydrogens is 552 g/mol. The second kappa shape index (κ2) is 12.6. The van der Waals surface area contributed by atoms with Gasteiger partial charge in [-0.1, -0.05) is 47.5 Å². The molecule has 2 amide bonds. The molecule has 1 unspecified atom stereocenters. The first-order valence-electron chi connectivity index (χ1n) is 11.8. The molecule has 1 atom stereocenters. The highest BCUT2D eigenvalue weighted by atomic mass is 35.5. The number of anilines is 1. The Morgan fingerprint density at radius 2 is 1.55 bits per heavy atom. The minimum absolute atomic E-state index is 0.0262. The van der Waals surface area contributed by atoms with E-state index in [2.05, 4.69) is 5.32 Å². The minimum Gasteiger partial charge on any atom is -0.352 e. The van der Waals surface area contributed by atoms with E-state index in [0.717, 1.165) is 28.6 Å². The quantitative estimate of drug-likeness (QED) is 0.354. The molecule has 0 aliphatic rings. The lowest BCUT2D eigenvalue weighted by atomic mass is 10.1. The van der Waals surface area contributed by atoms with E-state index in [4.69, 9.17) is 23.2 Å². The predicted molar refractivity (Wildman–Crippen MR) is 147 cm³/mol. The maximum absolute atomic E-state index is 13.8. The Bertz CT molecular complexity index is 1390. The molecule has 3 aromatic carbocycles. The van der Waals surface area contributed by atoms with Crippen LogP contribution in [0.3, 0.4) is 0 Å². The second-order valence-electron chi connectivity index (χ2n) is 8.91. The smallest absolute Gasteiger partial charge is 0.264 e. The number of sulfonamides is 1. The normalized spacial score (nSPS) is 12.2. The van der Waals surface area contributed by atoms with E-state index in [1.165, 1.54) is 4.90 Å². The highest BCUT2D eigenvalue weighted by molar-refractivity contribution is 7.92. The van der Waals surface area contributed by atoms with E-state index < -0.39 is 40.2 Å². The molecule has 0 aromatic heterocycles. The molecule has 1 N–H and O–H groups in total. The fourth-order valence-electron chi connectivity index (χ4n) is 3.68. The lowest BCUT2D eigenvalue weighted by Crippen LogP contribution is -2.52. The van der Waals surface area contributed by atoms with Gasteiger partial charge >= 0.3 is 0 Å². The Kier molecular flexibility index (Phi) is 9.76. The minimum atomic E-state index is -4.27. The van der Waals surface area contributed by atoms with Crippen molar-refractivity contribution in [2.45, 2.75) is 44.3 Å². The second-order valence-corrected chi connectivity index (χ2v) is 11.6. The third kappa shape index (κ3) is 7.24. The van der Waals surface area contributed by atoms with E-state index in [-0.39, 0.29) is 28.2 Å². The first kappa shape index (κ1) is 29.4. The number of amides is 2.